The number of nitrogens with one attached hydrogen (secondary N) is 2. The lowest BCUT2D eigenvalue weighted by Gasteiger charge is -2.24. The number of nitrogens with zero attached hydrogens (tertiary/aromatic N) is 4. The highest BCUT2D eigenvalue weighted by Gasteiger charge is 2.58. The van der Waals surface area contributed by atoms with E-state index in [2.05, 4.69) is 20.6 Å². The molecule has 33 heavy (non-hydrogen) atoms. The van der Waals surface area contributed by atoms with Gasteiger partial charge in [-0.3, -0.25) is 9.36 Å². The zero-order valence-corrected chi connectivity index (χ0v) is 19.1. The first-order valence-electron chi connectivity index (χ1n) is 11.1. The molecule has 4 heterocycles. The van der Waals surface area contributed by atoms with Gasteiger partial charge in [0.2, 0.25) is 0 Å². The largest absolute Gasteiger partial charge is 0.371 e. The average molecular weight is 453 g/mol. The van der Waals surface area contributed by atoms with E-state index in [0.717, 1.165) is 5.56 Å². The summed E-state index contributed by atoms with van der Waals surface area (Å²) in [5.74, 6) is 0.222. The van der Waals surface area contributed by atoms with Crippen LogP contribution in [0.5, 0.6) is 0 Å². The summed E-state index contributed by atoms with van der Waals surface area (Å²) in [6.07, 6.45) is -0.225. The van der Waals surface area contributed by atoms with Gasteiger partial charge < -0.3 is 24.8 Å². The third-order valence-corrected chi connectivity index (χ3v) is 5.82. The Morgan fingerprint density at radius 3 is 2.64 bits per heavy atom. The number of rotatable bonds is 6. The topological polar surface area (TPSA) is 112 Å². The van der Waals surface area contributed by atoms with E-state index in [1.165, 1.54) is 0 Å². The van der Waals surface area contributed by atoms with E-state index in [1.54, 1.807) is 13.4 Å². The fraction of sp³-hybridized carbons (Fsp3) is 0.478. The van der Waals surface area contributed by atoms with Gasteiger partial charge >= 0.3 is 0 Å². The van der Waals surface area contributed by atoms with Crippen LogP contribution in [0.2, 0.25) is 0 Å². The van der Waals surface area contributed by atoms with E-state index in [0.29, 0.717) is 35.8 Å². The van der Waals surface area contributed by atoms with Gasteiger partial charge in [0.25, 0.3) is 5.91 Å². The number of amides is 1. The first-order valence-corrected chi connectivity index (χ1v) is 11.1. The van der Waals surface area contributed by atoms with Gasteiger partial charge in [0.05, 0.1) is 6.33 Å². The molecule has 2 aliphatic rings. The summed E-state index contributed by atoms with van der Waals surface area (Å²) in [7, 11) is 1.80. The highest BCUT2D eigenvalue weighted by atomic mass is 16.8. The number of likely N-dealkylation sites (N-methyl/N-ethyl adjacent to an activating group) is 1. The fourth-order valence-electron chi connectivity index (χ4n) is 4.47. The number of hydrogen-bond donors (Lipinski definition) is 2. The molecule has 0 saturated carbocycles. The first-order chi connectivity index (χ1) is 15.9. The quantitative estimate of drug-likeness (QED) is 0.584. The summed E-state index contributed by atoms with van der Waals surface area (Å²) in [6.45, 7) is 6.04. The molecule has 0 radical (unpaired) electrons. The lowest BCUT2D eigenvalue weighted by Crippen LogP contribution is -2.42. The Labute approximate surface area is 191 Å². The Balaban J connectivity index is 1.54. The van der Waals surface area contributed by atoms with Crippen molar-refractivity contribution in [2.45, 2.75) is 57.5 Å². The van der Waals surface area contributed by atoms with Crippen molar-refractivity contribution in [3.63, 3.8) is 0 Å². The minimum absolute atomic E-state index is 0.226. The molecule has 0 aliphatic carbocycles. The molecular formula is C23H28N6O4. The number of carbonyl (C=O) groups excluding carboxylic acids is 1. The highest BCUT2D eigenvalue weighted by molar-refractivity contribution is 5.84. The van der Waals surface area contributed by atoms with Crippen molar-refractivity contribution >= 4 is 22.9 Å². The van der Waals surface area contributed by atoms with Crippen molar-refractivity contribution in [3.8, 4) is 0 Å². The van der Waals surface area contributed by atoms with Crippen molar-refractivity contribution in [2.24, 2.45) is 0 Å². The molecule has 2 saturated heterocycles. The van der Waals surface area contributed by atoms with Crippen LogP contribution in [-0.2, 0) is 25.4 Å². The van der Waals surface area contributed by atoms with Crippen LogP contribution >= 0.6 is 0 Å². The second-order valence-electron chi connectivity index (χ2n) is 8.63. The summed E-state index contributed by atoms with van der Waals surface area (Å²) in [4.78, 5) is 26.7. The molecule has 4 atom stereocenters. The van der Waals surface area contributed by atoms with Crippen LogP contribution in [0.3, 0.4) is 0 Å². The Hall–Kier alpha value is -3.08. The molecule has 2 aliphatic heterocycles. The van der Waals surface area contributed by atoms with Crippen LogP contribution < -0.4 is 10.6 Å². The number of carbonyl (C=O) groups is 1. The maximum atomic E-state index is 12.7. The summed E-state index contributed by atoms with van der Waals surface area (Å²) >= 11 is 0. The van der Waals surface area contributed by atoms with Crippen molar-refractivity contribution < 1.29 is 19.0 Å². The fourth-order valence-corrected chi connectivity index (χ4v) is 4.47. The van der Waals surface area contributed by atoms with Crippen LogP contribution in [-0.4, -0.2) is 63.1 Å². The SMILES string of the molecule is CCNC(=O)[C@H]1O[C@@H](n2cnc3c(NC)nc(Cc4ccccc4)nc32)[C@@H]2OC(C)(C)O[C@@H]21. The highest BCUT2D eigenvalue weighted by Crippen LogP contribution is 2.44. The number of ether oxygens (including phenoxy) is 3. The van der Waals surface area contributed by atoms with E-state index < -0.39 is 30.3 Å². The monoisotopic (exact) mass is 452 g/mol. The number of fused-ring (bicyclic) bond motifs is 2. The predicted molar refractivity (Wildman–Crippen MR) is 121 cm³/mol. The molecule has 2 fully saturated rings. The summed E-state index contributed by atoms with van der Waals surface area (Å²) in [5.41, 5.74) is 2.33. The van der Waals surface area contributed by atoms with Crippen molar-refractivity contribution in [2.75, 3.05) is 18.9 Å². The van der Waals surface area contributed by atoms with Gasteiger partial charge in [-0.15, -0.1) is 0 Å². The van der Waals surface area contributed by atoms with Gasteiger partial charge in [0.1, 0.15) is 18.0 Å². The standard InChI is InChI=1S/C23H28N6O4/c1-5-25-21(30)17-16-18(33-23(2,3)32-16)22(31-17)29-12-26-15-19(24-4)27-14(28-20(15)29)11-13-9-7-6-8-10-13/h6-10,12,16-18,22H,5,11H2,1-4H3,(H,25,30)(H,24,27,28)/t16-,17+,18-,22-/m1/s1. The second kappa shape index (κ2) is 8.36. The minimum Gasteiger partial charge on any atom is -0.371 e. The Morgan fingerprint density at radius 2 is 1.91 bits per heavy atom. The van der Waals surface area contributed by atoms with Crippen molar-refractivity contribution in [3.05, 3.63) is 48.0 Å². The molecule has 0 spiro atoms. The van der Waals surface area contributed by atoms with Crippen LogP contribution in [0, 0.1) is 0 Å². The minimum atomic E-state index is -0.831. The van der Waals surface area contributed by atoms with E-state index >= 15 is 0 Å². The maximum Gasteiger partial charge on any atom is 0.252 e. The molecule has 0 bridgehead atoms. The Morgan fingerprint density at radius 1 is 1.15 bits per heavy atom. The van der Waals surface area contributed by atoms with E-state index in [1.807, 2.05) is 55.7 Å². The molecule has 0 unspecified atom stereocenters. The van der Waals surface area contributed by atoms with E-state index in [4.69, 9.17) is 19.2 Å². The van der Waals surface area contributed by atoms with Gasteiger partial charge in [-0.1, -0.05) is 30.3 Å². The van der Waals surface area contributed by atoms with Gasteiger partial charge in [-0.25, -0.2) is 15.0 Å². The summed E-state index contributed by atoms with van der Waals surface area (Å²) in [6, 6.07) is 10.0. The number of anilines is 1. The van der Waals surface area contributed by atoms with Crippen molar-refractivity contribution in [1.82, 2.24) is 24.8 Å². The lowest BCUT2D eigenvalue weighted by molar-refractivity contribution is -0.197. The molecular weight excluding hydrogens is 424 g/mol. The number of benzene rings is 1. The predicted octanol–water partition coefficient (Wildman–Crippen LogP) is 2.01. The second-order valence-corrected chi connectivity index (χ2v) is 8.63. The molecule has 1 amide bonds. The molecule has 5 rings (SSSR count). The molecule has 10 heteroatoms. The van der Waals surface area contributed by atoms with Gasteiger partial charge in [0, 0.05) is 20.0 Å². The zero-order valence-electron chi connectivity index (χ0n) is 19.1. The smallest absolute Gasteiger partial charge is 0.252 e. The van der Waals surface area contributed by atoms with Gasteiger partial charge in [-0.2, -0.15) is 0 Å². The van der Waals surface area contributed by atoms with Gasteiger partial charge in [0.15, 0.2) is 35.1 Å². The van der Waals surface area contributed by atoms with E-state index in [-0.39, 0.29) is 5.91 Å². The normalized spacial score (nSPS) is 25.8. The zero-order chi connectivity index (χ0) is 23.2. The third kappa shape index (κ3) is 3.94. The van der Waals surface area contributed by atoms with Crippen LogP contribution in [0.4, 0.5) is 5.82 Å². The summed E-state index contributed by atoms with van der Waals surface area (Å²) < 4.78 is 20.2. The number of hydrogen-bond acceptors (Lipinski definition) is 8. The first kappa shape index (κ1) is 21.7. The lowest BCUT2D eigenvalue weighted by atomic mass is 10.1. The third-order valence-electron chi connectivity index (χ3n) is 5.82. The van der Waals surface area contributed by atoms with Crippen LogP contribution in [0.1, 0.15) is 38.4 Å². The summed E-state index contributed by atoms with van der Waals surface area (Å²) in [5, 5.41) is 5.94. The molecule has 3 aromatic rings. The number of imidazole rings is 1. The average Bonchev–Trinajstić information content (AvgIpc) is 3.44. The Bertz CT molecular complexity index is 1160. The van der Waals surface area contributed by atoms with Gasteiger partial charge in [-0.05, 0) is 26.3 Å². The maximum absolute atomic E-state index is 12.7. The van der Waals surface area contributed by atoms with E-state index in [9.17, 15) is 4.79 Å². The van der Waals surface area contributed by atoms with Crippen LogP contribution in [0.15, 0.2) is 36.7 Å². The van der Waals surface area contributed by atoms with Crippen molar-refractivity contribution in [1.29, 1.82) is 0 Å². The molecule has 2 aromatic heterocycles. The van der Waals surface area contributed by atoms with Crippen LogP contribution in [0.25, 0.3) is 11.2 Å². The Kier molecular flexibility index (Phi) is 5.51. The molecule has 174 valence electrons. The number of aromatic nitrogens is 4. The molecule has 1 aromatic carbocycles. The molecule has 2 N–H and O–H groups in total. The molecule has 10 nitrogen and oxygen atoms in total.